The fraction of sp³-hybridized carbons (Fsp3) is 0.222. The molecule has 2 heterocycles. The van der Waals surface area contributed by atoms with Gasteiger partial charge in [0.1, 0.15) is 5.50 Å². The number of benzene rings is 2. The molecule has 112 valence electrons. The van der Waals surface area contributed by atoms with Crippen molar-refractivity contribution < 1.29 is 0 Å². The van der Waals surface area contributed by atoms with E-state index < -0.39 is 0 Å². The van der Waals surface area contributed by atoms with Gasteiger partial charge in [0.05, 0.1) is 5.69 Å². The molecular weight excluding hydrogens is 312 g/mol. The summed E-state index contributed by atoms with van der Waals surface area (Å²) >= 11 is 8.17. The number of nitrogens with one attached hydrogen (secondary N) is 1. The van der Waals surface area contributed by atoms with Crippen LogP contribution in [0.4, 0.5) is 5.69 Å². The minimum absolute atomic E-state index is 0.145. The van der Waals surface area contributed by atoms with Gasteiger partial charge in [0.25, 0.3) is 0 Å². The van der Waals surface area contributed by atoms with Crippen molar-refractivity contribution in [3.8, 4) is 0 Å². The first-order valence-electron chi connectivity index (χ1n) is 7.47. The van der Waals surface area contributed by atoms with Gasteiger partial charge in [-0.25, -0.2) is 0 Å². The maximum Gasteiger partial charge on any atom is 0.127 e. The highest BCUT2D eigenvalue weighted by Crippen LogP contribution is 2.40. The molecule has 2 aromatic rings. The number of hydrogen-bond acceptors (Lipinski definition) is 3. The smallest absolute Gasteiger partial charge is 0.127 e. The molecule has 1 atom stereocenters. The van der Waals surface area contributed by atoms with Crippen LogP contribution in [0, 0.1) is 6.92 Å². The largest absolute Gasteiger partial charge is 0.372 e. The molecule has 2 aromatic carbocycles. The lowest BCUT2D eigenvalue weighted by Gasteiger charge is -2.23. The van der Waals surface area contributed by atoms with E-state index in [1.54, 1.807) is 0 Å². The summed E-state index contributed by atoms with van der Waals surface area (Å²) in [5, 5.41) is 3.14. The van der Waals surface area contributed by atoms with Crippen LogP contribution in [0.1, 0.15) is 27.8 Å². The molecule has 4 rings (SSSR count). The highest BCUT2D eigenvalue weighted by Gasteiger charge is 2.23. The lowest BCUT2D eigenvalue weighted by Crippen LogP contribution is -2.16. The molecule has 1 unspecified atom stereocenters. The van der Waals surface area contributed by atoms with Gasteiger partial charge in [-0.2, -0.15) is 0 Å². The Bertz CT molecular complexity index is 757. The van der Waals surface area contributed by atoms with Crippen molar-refractivity contribution in [1.82, 2.24) is 5.32 Å². The molecule has 1 N–H and O–H groups in total. The van der Waals surface area contributed by atoms with Crippen molar-refractivity contribution in [3.63, 3.8) is 0 Å². The third-order valence-electron chi connectivity index (χ3n) is 4.17. The highest BCUT2D eigenvalue weighted by atomic mass is 35.5. The summed E-state index contributed by atoms with van der Waals surface area (Å²) in [6, 6.07) is 13.1. The number of nitrogens with zero attached hydrogens (tertiary/aromatic N) is 1. The van der Waals surface area contributed by atoms with Crippen LogP contribution in [0.3, 0.4) is 0 Å². The summed E-state index contributed by atoms with van der Waals surface area (Å²) in [7, 11) is 0. The third-order valence-corrected chi connectivity index (χ3v) is 5.68. The Morgan fingerprint density at radius 1 is 1.27 bits per heavy atom. The number of alkyl halides is 1. The Kier molecular flexibility index (Phi) is 3.55. The van der Waals surface area contributed by atoms with Gasteiger partial charge in [0.15, 0.2) is 0 Å². The van der Waals surface area contributed by atoms with Crippen LogP contribution in [0.2, 0.25) is 0 Å². The molecule has 2 aliphatic rings. The topological polar surface area (TPSA) is 15.3 Å². The van der Waals surface area contributed by atoms with Gasteiger partial charge in [-0.15, -0.1) is 0 Å². The number of fused-ring (bicyclic) bond motifs is 2. The first-order chi connectivity index (χ1) is 10.7. The Balaban J connectivity index is 1.68. The van der Waals surface area contributed by atoms with E-state index in [1.165, 1.54) is 27.3 Å². The predicted octanol–water partition coefficient (Wildman–Crippen LogP) is 4.88. The van der Waals surface area contributed by atoms with Crippen molar-refractivity contribution in [1.29, 1.82) is 0 Å². The van der Waals surface area contributed by atoms with E-state index in [4.69, 9.17) is 11.6 Å². The molecule has 0 saturated heterocycles. The summed E-state index contributed by atoms with van der Waals surface area (Å²) < 4.78 is 2.40. The zero-order chi connectivity index (χ0) is 15.1. The number of anilines is 1. The second-order valence-corrected chi connectivity index (χ2v) is 7.20. The minimum atomic E-state index is -0.145. The molecule has 0 aromatic heterocycles. The Labute approximate surface area is 140 Å². The van der Waals surface area contributed by atoms with E-state index in [-0.39, 0.29) is 5.50 Å². The lowest BCUT2D eigenvalue weighted by molar-refractivity contribution is 0.816. The van der Waals surface area contributed by atoms with E-state index in [0.29, 0.717) is 0 Å². The standard InChI is InChI=1S/C18H17ClN2S/c1-12-5-6-13-8-10-21(16(13)11-12)22-17-4-2-3-15-14(17)7-9-20-18(15)19/h2-7,9,11,18,20H,8,10H2,1H3. The van der Waals surface area contributed by atoms with Crippen molar-refractivity contribution in [2.75, 3.05) is 10.8 Å². The maximum atomic E-state index is 6.35. The quantitative estimate of drug-likeness (QED) is 0.480. The Morgan fingerprint density at radius 2 is 2.18 bits per heavy atom. The molecule has 4 heteroatoms. The predicted molar refractivity (Wildman–Crippen MR) is 95.3 cm³/mol. The molecule has 0 saturated carbocycles. The average Bonchev–Trinajstić information content (AvgIpc) is 2.91. The van der Waals surface area contributed by atoms with Gasteiger partial charge >= 0.3 is 0 Å². The Hall–Kier alpha value is -1.58. The van der Waals surface area contributed by atoms with E-state index >= 15 is 0 Å². The zero-order valence-corrected chi connectivity index (χ0v) is 13.9. The first kappa shape index (κ1) is 14.0. The molecule has 2 aliphatic heterocycles. The number of hydrogen-bond donors (Lipinski definition) is 1. The number of halogens is 1. The van der Waals surface area contributed by atoms with Crippen LogP contribution in [-0.2, 0) is 6.42 Å². The summed E-state index contributed by atoms with van der Waals surface area (Å²) in [5.74, 6) is 0. The van der Waals surface area contributed by atoms with Gasteiger partial charge in [-0.05, 0) is 72.0 Å². The van der Waals surface area contributed by atoms with Gasteiger partial charge in [0, 0.05) is 11.4 Å². The van der Waals surface area contributed by atoms with E-state index in [1.807, 2.05) is 18.1 Å². The SMILES string of the molecule is Cc1ccc2c(c1)N(Sc1cccc3c1C=CNC3Cl)CC2. The number of rotatable bonds is 2. The van der Waals surface area contributed by atoms with Crippen LogP contribution in [0.5, 0.6) is 0 Å². The zero-order valence-electron chi connectivity index (χ0n) is 12.3. The monoisotopic (exact) mass is 328 g/mol. The highest BCUT2D eigenvalue weighted by molar-refractivity contribution is 8.00. The van der Waals surface area contributed by atoms with Crippen LogP contribution in [0.25, 0.3) is 6.08 Å². The maximum absolute atomic E-state index is 6.35. The van der Waals surface area contributed by atoms with Crippen molar-refractivity contribution >= 4 is 35.3 Å². The summed E-state index contributed by atoms with van der Waals surface area (Å²) in [4.78, 5) is 1.26. The van der Waals surface area contributed by atoms with Crippen LogP contribution in [-0.4, -0.2) is 6.54 Å². The fourth-order valence-electron chi connectivity index (χ4n) is 3.02. The van der Waals surface area contributed by atoms with Crippen molar-refractivity contribution in [2.45, 2.75) is 23.7 Å². The average molecular weight is 329 g/mol. The number of aryl methyl sites for hydroxylation is 1. The minimum Gasteiger partial charge on any atom is -0.372 e. The van der Waals surface area contributed by atoms with E-state index in [0.717, 1.165) is 18.5 Å². The molecule has 0 fully saturated rings. The first-order valence-corrected chi connectivity index (χ1v) is 8.68. The fourth-order valence-corrected chi connectivity index (χ4v) is 4.39. The van der Waals surface area contributed by atoms with Gasteiger partial charge in [-0.1, -0.05) is 35.9 Å². The van der Waals surface area contributed by atoms with E-state index in [9.17, 15) is 0 Å². The lowest BCUT2D eigenvalue weighted by atomic mass is 10.1. The molecule has 0 radical (unpaired) electrons. The summed E-state index contributed by atoms with van der Waals surface area (Å²) in [6.45, 7) is 3.21. The van der Waals surface area contributed by atoms with Crippen LogP contribution in [0.15, 0.2) is 47.5 Å². The van der Waals surface area contributed by atoms with Gasteiger partial charge < -0.3 is 9.62 Å². The van der Waals surface area contributed by atoms with Gasteiger partial charge in [0.2, 0.25) is 0 Å². The molecule has 0 amide bonds. The normalized spacial score (nSPS) is 18.8. The second-order valence-electron chi connectivity index (χ2n) is 5.70. The second kappa shape index (κ2) is 5.56. The molecule has 22 heavy (non-hydrogen) atoms. The Morgan fingerprint density at radius 3 is 3.09 bits per heavy atom. The van der Waals surface area contributed by atoms with Crippen LogP contribution >= 0.6 is 23.5 Å². The van der Waals surface area contributed by atoms with Crippen molar-refractivity contribution in [3.05, 3.63) is 64.9 Å². The summed E-state index contributed by atoms with van der Waals surface area (Å²) in [5.41, 5.74) is 6.34. The van der Waals surface area contributed by atoms with Crippen molar-refractivity contribution in [2.24, 2.45) is 0 Å². The van der Waals surface area contributed by atoms with E-state index in [2.05, 4.69) is 59.0 Å². The molecule has 0 spiro atoms. The molecular formula is C18H17ClN2S. The third kappa shape index (κ3) is 2.38. The molecule has 2 nitrogen and oxygen atoms in total. The molecule has 0 aliphatic carbocycles. The summed E-state index contributed by atoms with van der Waals surface area (Å²) in [6.07, 6.45) is 5.17. The molecule has 0 bridgehead atoms. The van der Waals surface area contributed by atoms with Gasteiger partial charge in [-0.3, -0.25) is 0 Å². The van der Waals surface area contributed by atoms with Crippen LogP contribution < -0.4 is 9.62 Å².